The lowest BCUT2D eigenvalue weighted by Crippen LogP contribution is -2.31. The number of carbonyl (C=O) groups excluding carboxylic acids is 1. The van der Waals surface area contributed by atoms with Gasteiger partial charge in [-0.2, -0.15) is 0 Å². The number of hydrogen-bond acceptors (Lipinski definition) is 3. The normalized spacial score (nSPS) is 22.4. The highest BCUT2D eigenvalue weighted by Crippen LogP contribution is 2.58. The lowest BCUT2D eigenvalue weighted by Gasteiger charge is -2.23. The van der Waals surface area contributed by atoms with Crippen molar-refractivity contribution in [3.05, 3.63) is 29.8 Å². The molecule has 1 aliphatic heterocycles. The number of amides is 1. The average Bonchev–Trinajstić information content (AvgIpc) is 3.16. The van der Waals surface area contributed by atoms with Gasteiger partial charge in [-0.15, -0.1) is 12.4 Å². The first-order valence-electron chi connectivity index (χ1n) is 7.45. The maximum absolute atomic E-state index is 12.3. The van der Waals surface area contributed by atoms with Crippen molar-refractivity contribution in [2.75, 3.05) is 25.0 Å². The van der Waals surface area contributed by atoms with Gasteiger partial charge in [0, 0.05) is 18.2 Å². The molecule has 3 rings (SSSR count). The Kier molecular flexibility index (Phi) is 5.25. The van der Waals surface area contributed by atoms with Gasteiger partial charge in [0.25, 0.3) is 0 Å². The summed E-state index contributed by atoms with van der Waals surface area (Å²) in [7, 11) is 0. The zero-order valence-electron chi connectivity index (χ0n) is 12.1. The quantitative estimate of drug-likeness (QED) is 0.797. The number of hydrogen-bond donors (Lipinski definition) is 3. The number of nitrogens with one attached hydrogen (secondary N) is 2. The van der Waals surface area contributed by atoms with E-state index in [1.165, 1.54) is 0 Å². The third kappa shape index (κ3) is 3.57. The average molecular weight is 311 g/mol. The van der Waals surface area contributed by atoms with Gasteiger partial charge in [-0.25, -0.2) is 0 Å². The molecule has 1 atom stereocenters. The van der Waals surface area contributed by atoms with E-state index in [0.717, 1.165) is 43.6 Å². The van der Waals surface area contributed by atoms with Gasteiger partial charge in [0.1, 0.15) is 0 Å². The molecule has 116 valence electrons. The predicted molar refractivity (Wildman–Crippen MR) is 85.8 cm³/mol. The summed E-state index contributed by atoms with van der Waals surface area (Å²) in [4.78, 5) is 12.3. The summed E-state index contributed by atoms with van der Waals surface area (Å²) in [5, 5.41) is 15.3. The fourth-order valence-electron chi connectivity index (χ4n) is 3.31. The van der Waals surface area contributed by atoms with Gasteiger partial charge in [-0.1, -0.05) is 12.1 Å². The van der Waals surface area contributed by atoms with E-state index in [4.69, 9.17) is 5.11 Å². The minimum Gasteiger partial charge on any atom is -0.396 e. The summed E-state index contributed by atoms with van der Waals surface area (Å²) in [6, 6.07) is 7.75. The number of rotatable bonds is 4. The molecule has 2 aliphatic rings. The van der Waals surface area contributed by atoms with E-state index in [1.54, 1.807) is 0 Å². The monoisotopic (exact) mass is 310 g/mol. The number of carbonyl (C=O) groups is 1. The molecule has 1 amide bonds. The Bertz CT molecular complexity index is 484. The number of aliphatic hydroxyl groups is 1. The fraction of sp³-hybridized carbons (Fsp3) is 0.562. The van der Waals surface area contributed by atoms with Crippen LogP contribution in [0.1, 0.15) is 24.8 Å². The Hall–Kier alpha value is -1.10. The standard InChI is InChI=1S/C16H22N2O2.ClH/c19-10-5-12-1-3-13(4-2-12)18-15(20)14-11-16(14)6-8-17-9-7-16;/h1-4,14,17,19H,5-11H2,(H,18,20);1H. The summed E-state index contributed by atoms with van der Waals surface area (Å²) in [6.07, 6.45) is 3.96. The Labute approximate surface area is 131 Å². The van der Waals surface area contributed by atoms with Crippen molar-refractivity contribution in [3.63, 3.8) is 0 Å². The first-order chi connectivity index (χ1) is 9.73. The van der Waals surface area contributed by atoms with Crippen molar-refractivity contribution in [2.45, 2.75) is 25.7 Å². The lowest BCUT2D eigenvalue weighted by atomic mass is 9.92. The first kappa shape index (κ1) is 16.3. The molecule has 1 aliphatic carbocycles. The van der Waals surface area contributed by atoms with Gasteiger partial charge < -0.3 is 15.7 Å². The summed E-state index contributed by atoms with van der Waals surface area (Å²) >= 11 is 0. The molecular weight excluding hydrogens is 288 g/mol. The summed E-state index contributed by atoms with van der Waals surface area (Å²) in [6.45, 7) is 2.24. The SMILES string of the molecule is Cl.O=C(Nc1ccc(CCO)cc1)C1CC12CCNCC2. The van der Waals surface area contributed by atoms with E-state index in [2.05, 4.69) is 10.6 Å². The topological polar surface area (TPSA) is 61.4 Å². The Morgan fingerprint density at radius 3 is 2.57 bits per heavy atom. The van der Waals surface area contributed by atoms with Crippen LogP contribution in [0.4, 0.5) is 5.69 Å². The van der Waals surface area contributed by atoms with Crippen LogP contribution in [0.25, 0.3) is 0 Å². The number of aliphatic hydroxyl groups excluding tert-OH is 1. The van der Waals surface area contributed by atoms with Gasteiger partial charge in [-0.3, -0.25) is 4.79 Å². The Morgan fingerprint density at radius 2 is 1.95 bits per heavy atom. The van der Waals surface area contributed by atoms with Gasteiger partial charge in [0.15, 0.2) is 0 Å². The molecule has 0 radical (unpaired) electrons. The van der Waals surface area contributed by atoms with E-state index in [9.17, 15) is 4.79 Å². The van der Waals surface area contributed by atoms with Crippen molar-refractivity contribution < 1.29 is 9.90 Å². The molecule has 1 heterocycles. The van der Waals surface area contributed by atoms with Crippen LogP contribution < -0.4 is 10.6 Å². The van der Waals surface area contributed by atoms with Crippen molar-refractivity contribution >= 4 is 24.0 Å². The molecule has 2 fully saturated rings. The molecule has 4 nitrogen and oxygen atoms in total. The summed E-state index contributed by atoms with van der Waals surface area (Å²) in [5.74, 6) is 0.364. The third-order valence-corrected chi connectivity index (χ3v) is 4.73. The van der Waals surface area contributed by atoms with Gasteiger partial charge >= 0.3 is 0 Å². The second-order valence-electron chi connectivity index (χ2n) is 6.03. The minimum absolute atomic E-state index is 0. The van der Waals surface area contributed by atoms with E-state index in [0.29, 0.717) is 6.42 Å². The molecule has 21 heavy (non-hydrogen) atoms. The Morgan fingerprint density at radius 1 is 1.29 bits per heavy atom. The molecule has 0 bridgehead atoms. The zero-order chi connectivity index (χ0) is 14.0. The number of anilines is 1. The van der Waals surface area contributed by atoms with Gasteiger partial charge in [0.2, 0.25) is 5.91 Å². The second-order valence-corrected chi connectivity index (χ2v) is 6.03. The molecule has 5 heteroatoms. The molecule has 1 saturated heterocycles. The maximum atomic E-state index is 12.3. The molecule has 3 N–H and O–H groups in total. The lowest BCUT2D eigenvalue weighted by molar-refractivity contribution is -0.118. The highest BCUT2D eigenvalue weighted by Gasteiger charge is 2.57. The maximum Gasteiger partial charge on any atom is 0.228 e. The third-order valence-electron chi connectivity index (χ3n) is 4.73. The van der Waals surface area contributed by atoms with Crippen LogP contribution in [0.15, 0.2) is 24.3 Å². The Balaban J connectivity index is 0.00000161. The molecule has 1 unspecified atom stereocenters. The largest absolute Gasteiger partial charge is 0.396 e. The summed E-state index contributed by atoms with van der Waals surface area (Å²) in [5.41, 5.74) is 2.23. The zero-order valence-corrected chi connectivity index (χ0v) is 12.9. The van der Waals surface area contributed by atoms with Crippen LogP contribution in [0, 0.1) is 11.3 Å². The summed E-state index contributed by atoms with van der Waals surface area (Å²) < 4.78 is 0. The number of piperidine rings is 1. The van der Waals surface area contributed by atoms with Gasteiger partial charge in [0.05, 0.1) is 0 Å². The van der Waals surface area contributed by atoms with Crippen LogP contribution >= 0.6 is 12.4 Å². The van der Waals surface area contributed by atoms with Crippen LogP contribution in [0.2, 0.25) is 0 Å². The van der Waals surface area contributed by atoms with Crippen LogP contribution in [0.3, 0.4) is 0 Å². The predicted octanol–water partition coefficient (Wildman–Crippen LogP) is 1.97. The fourth-order valence-corrected chi connectivity index (χ4v) is 3.31. The van der Waals surface area contributed by atoms with Crippen LogP contribution in [0.5, 0.6) is 0 Å². The number of benzene rings is 1. The molecule has 1 saturated carbocycles. The van der Waals surface area contributed by atoms with Crippen molar-refractivity contribution in [1.29, 1.82) is 0 Å². The van der Waals surface area contributed by atoms with Crippen molar-refractivity contribution in [2.24, 2.45) is 11.3 Å². The smallest absolute Gasteiger partial charge is 0.228 e. The van der Waals surface area contributed by atoms with Crippen molar-refractivity contribution in [3.8, 4) is 0 Å². The van der Waals surface area contributed by atoms with E-state index in [-0.39, 0.29) is 36.3 Å². The molecule has 1 aromatic carbocycles. The van der Waals surface area contributed by atoms with Crippen LogP contribution in [-0.4, -0.2) is 30.7 Å². The first-order valence-corrected chi connectivity index (χ1v) is 7.45. The molecule has 1 spiro atoms. The molecule has 0 aromatic heterocycles. The van der Waals surface area contributed by atoms with Crippen LogP contribution in [-0.2, 0) is 11.2 Å². The highest BCUT2D eigenvalue weighted by atomic mass is 35.5. The van der Waals surface area contributed by atoms with E-state index < -0.39 is 0 Å². The minimum atomic E-state index is 0. The molecular formula is C16H23ClN2O2. The number of halogens is 1. The van der Waals surface area contributed by atoms with Gasteiger partial charge in [-0.05, 0) is 61.9 Å². The van der Waals surface area contributed by atoms with E-state index >= 15 is 0 Å². The van der Waals surface area contributed by atoms with Crippen molar-refractivity contribution in [1.82, 2.24) is 5.32 Å². The molecule has 1 aromatic rings. The highest BCUT2D eigenvalue weighted by molar-refractivity contribution is 5.95. The van der Waals surface area contributed by atoms with E-state index in [1.807, 2.05) is 24.3 Å². The second kappa shape index (κ2) is 6.77.